The zero-order valence-electron chi connectivity index (χ0n) is 7.98. The number of methoxy groups -OCH3 is 1. The van der Waals surface area contributed by atoms with Gasteiger partial charge in [0.1, 0.15) is 0 Å². The van der Waals surface area contributed by atoms with Gasteiger partial charge in [0.2, 0.25) is 0 Å². The fourth-order valence-electron chi connectivity index (χ4n) is 0.911. The first kappa shape index (κ1) is 11.2. The van der Waals surface area contributed by atoms with Crippen molar-refractivity contribution in [3.8, 4) is 0 Å². The smallest absolute Gasteiger partial charge is 0.0622 e. The highest BCUT2D eigenvalue weighted by molar-refractivity contribution is 6.20. The van der Waals surface area contributed by atoms with Crippen LogP contribution >= 0.6 is 11.6 Å². The highest BCUT2D eigenvalue weighted by Crippen LogP contribution is 2.18. The molecule has 0 aliphatic rings. The summed E-state index contributed by atoms with van der Waals surface area (Å²) in [6.07, 6.45) is 3.31. The van der Waals surface area contributed by atoms with Gasteiger partial charge in [-0.1, -0.05) is 0 Å². The van der Waals surface area contributed by atoms with Gasteiger partial charge in [-0.3, -0.25) is 0 Å². The Labute approximate surface area is 75.1 Å². The number of halogens is 1. The van der Waals surface area contributed by atoms with Gasteiger partial charge in [-0.05, 0) is 40.0 Å². The molecule has 0 aromatic rings. The summed E-state index contributed by atoms with van der Waals surface area (Å²) in [4.78, 5) is 0. The van der Waals surface area contributed by atoms with Crippen molar-refractivity contribution in [2.45, 2.75) is 51.0 Å². The Kier molecular flexibility index (Phi) is 5.11. The van der Waals surface area contributed by atoms with Crippen LogP contribution in [0, 0.1) is 0 Å². The van der Waals surface area contributed by atoms with Crippen LogP contribution in [0.4, 0.5) is 0 Å². The molecule has 0 N–H and O–H groups in total. The van der Waals surface area contributed by atoms with E-state index in [0.717, 1.165) is 19.3 Å². The normalized spacial score (nSPS) is 15.0. The fraction of sp³-hybridized carbons (Fsp3) is 1.00. The number of ether oxygens (including phenoxy) is 1. The Bertz CT molecular complexity index is 99.7. The van der Waals surface area contributed by atoms with Gasteiger partial charge in [-0.15, -0.1) is 11.6 Å². The number of hydrogen-bond acceptors (Lipinski definition) is 1. The van der Waals surface area contributed by atoms with Crippen molar-refractivity contribution in [2.24, 2.45) is 0 Å². The summed E-state index contributed by atoms with van der Waals surface area (Å²) < 4.78 is 5.28. The van der Waals surface area contributed by atoms with Gasteiger partial charge >= 0.3 is 0 Å². The van der Waals surface area contributed by atoms with Gasteiger partial charge in [0.15, 0.2) is 0 Å². The van der Waals surface area contributed by atoms with E-state index in [2.05, 4.69) is 13.8 Å². The van der Waals surface area contributed by atoms with Gasteiger partial charge in [0, 0.05) is 12.5 Å². The SMILES string of the molecule is COC(C)(C)CCCC(C)Cl. The molecule has 0 aromatic carbocycles. The van der Waals surface area contributed by atoms with Crippen LogP contribution in [0.25, 0.3) is 0 Å². The molecule has 1 unspecified atom stereocenters. The largest absolute Gasteiger partial charge is 0.379 e. The van der Waals surface area contributed by atoms with Crippen LogP contribution in [0.3, 0.4) is 0 Å². The topological polar surface area (TPSA) is 9.23 Å². The van der Waals surface area contributed by atoms with Gasteiger partial charge in [0.25, 0.3) is 0 Å². The molecule has 0 amide bonds. The van der Waals surface area contributed by atoms with E-state index in [-0.39, 0.29) is 5.60 Å². The maximum atomic E-state index is 5.81. The molecule has 0 aliphatic heterocycles. The number of alkyl halides is 1. The Morgan fingerprint density at radius 2 is 2.00 bits per heavy atom. The lowest BCUT2D eigenvalue weighted by Crippen LogP contribution is -2.22. The zero-order chi connectivity index (χ0) is 8.91. The molecule has 1 nitrogen and oxygen atoms in total. The molecular formula is C9H19ClO. The lowest BCUT2D eigenvalue weighted by atomic mass is 10.0. The summed E-state index contributed by atoms with van der Waals surface area (Å²) in [7, 11) is 1.75. The summed E-state index contributed by atoms with van der Waals surface area (Å²) in [5, 5.41) is 0.294. The highest BCUT2D eigenvalue weighted by atomic mass is 35.5. The molecule has 2 heteroatoms. The van der Waals surface area contributed by atoms with E-state index < -0.39 is 0 Å². The van der Waals surface area contributed by atoms with Crippen LogP contribution in [0.15, 0.2) is 0 Å². The Morgan fingerprint density at radius 1 is 1.45 bits per heavy atom. The first-order chi connectivity index (χ1) is 4.98. The third-order valence-corrected chi connectivity index (χ3v) is 2.15. The zero-order valence-corrected chi connectivity index (χ0v) is 8.74. The van der Waals surface area contributed by atoms with Crippen LogP contribution in [0.1, 0.15) is 40.0 Å². The molecule has 68 valence electrons. The molecule has 0 saturated heterocycles. The standard InChI is InChI=1S/C9H19ClO/c1-8(10)6-5-7-9(2,3)11-4/h8H,5-7H2,1-4H3. The molecule has 0 heterocycles. The molecule has 1 atom stereocenters. The Morgan fingerprint density at radius 3 is 2.36 bits per heavy atom. The van der Waals surface area contributed by atoms with Crippen LogP contribution in [-0.2, 0) is 4.74 Å². The minimum absolute atomic E-state index is 0.0196. The molecule has 0 spiro atoms. The van der Waals surface area contributed by atoms with E-state index in [0.29, 0.717) is 5.38 Å². The van der Waals surface area contributed by atoms with E-state index in [9.17, 15) is 0 Å². The average molecular weight is 179 g/mol. The third-order valence-electron chi connectivity index (χ3n) is 1.93. The van der Waals surface area contributed by atoms with Crippen LogP contribution in [0.5, 0.6) is 0 Å². The third kappa shape index (κ3) is 6.64. The first-order valence-corrected chi connectivity index (χ1v) is 4.61. The monoisotopic (exact) mass is 178 g/mol. The van der Waals surface area contributed by atoms with Crippen molar-refractivity contribution in [3.63, 3.8) is 0 Å². The second-order valence-corrected chi connectivity index (χ2v) is 4.38. The minimum Gasteiger partial charge on any atom is -0.379 e. The van der Waals surface area contributed by atoms with Crippen molar-refractivity contribution in [2.75, 3.05) is 7.11 Å². The summed E-state index contributed by atoms with van der Waals surface area (Å²) in [6.45, 7) is 6.24. The number of hydrogen-bond donors (Lipinski definition) is 0. The Hall–Kier alpha value is 0.250. The van der Waals surface area contributed by atoms with E-state index >= 15 is 0 Å². The Balaban J connectivity index is 3.38. The van der Waals surface area contributed by atoms with E-state index in [4.69, 9.17) is 16.3 Å². The maximum absolute atomic E-state index is 5.81. The summed E-state index contributed by atoms with van der Waals surface area (Å²) in [6, 6.07) is 0. The molecule has 0 bridgehead atoms. The van der Waals surface area contributed by atoms with E-state index in [1.807, 2.05) is 6.92 Å². The molecular weight excluding hydrogens is 160 g/mol. The molecule has 0 fully saturated rings. The molecule has 0 aliphatic carbocycles. The van der Waals surface area contributed by atoms with Gasteiger partial charge in [-0.2, -0.15) is 0 Å². The molecule has 0 rings (SSSR count). The van der Waals surface area contributed by atoms with Crippen molar-refractivity contribution < 1.29 is 4.74 Å². The van der Waals surface area contributed by atoms with Crippen LogP contribution in [0.2, 0.25) is 0 Å². The lowest BCUT2D eigenvalue weighted by Gasteiger charge is -2.22. The van der Waals surface area contributed by atoms with Gasteiger partial charge in [0.05, 0.1) is 5.60 Å². The van der Waals surface area contributed by atoms with Gasteiger partial charge < -0.3 is 4.74 Å². The fourth-order valence-corrected chi connectivity index (χ4v) is 1.07. The quantitative estimate of drug-likeness (QED) is 0.588. The predicted octanol–water partition coefficient (Wildman–Crippen LogP) is 3.21. The van der Waals surface area contributed by atoms with E-state index in [1.165, 1.54) is 0 Å². The van der Waals surface area contributed by atoms with Crippen molar-refractivity contribution in [1.82, 2.24) is 0 Å². The minimum atomic E-state index is 0.0196. The summed E-state index contributed by atoms with van der Waals surface area (Å²) in [5.41, 5.74) is 0.0196. The molecule has 11 heavy (non-hydrogen) atoms. The summed E-state index contributed by atoms with van der Waals surface area (Å²) >= 11 is 5.81. The van der Waals surface area contributed by atoms with E-state index in [1.54, 1.807) is 7.11 Å². The molecule has 0 radical (unpaired) electrons. The van der Waals surface area contributed by atoms with Gasteiger partial charge in [-0.25, -0.2) is 0 Å². The van der Waals surface area contributed by atoms with Crippen LogP contribution in [-0.4, -0.2) is 18.1 Å². The van der Waals surface area contributed by atoms with Crippen molar-refractivity contribution >= 4 is 11.6 Å². The average Bonchev–Trinajstić information content (AvgIpc) is 1.87. The molecule has 0 saturated carbocycles. The maximum Gasteiger partial charge on any atom is 0.0622 e. The van der Waals surface area contributed by atoms with Crippen LogP contribution < -0.4 is 0 Å². The summed E-state index contributed by atoms with van der Waals surface area (Å²) in [5.74, 6) is 0. The lowest BCUT2D eigenvalue weighted by molar-refractivity contribution is 0.0135. The first-order valence-electron chi connectivity index (χ1n) is 4.17. The predicted molar refractivity (Wildman–Crippen MR) is 50.3 cm³/mol. The second kappa shape index (κ2) is 5.00. The van der Waals surface area contributed by atoms with Crippen molar-refractivity contribution in [3.05, 3.63) is 0 Å². The highest BCUT2D eigenvalue weighted by Gasteiger charge is 2.15. The van der Waals surface area contributed by atoms with Crippen molar-refractivity contribution in [1.29, 1.82) is 0 Å². The number of rotatable bonds is 5. The molecule has 0 aromatic heterocycles. The second-order valence-electron chi connectivity index (χ2n) is 3.64.